The number of ether oxygens (including phenoxy) is 1. The molecule has 0 unspecified atom stereocenters. The molecule has 0 spiro atoms. The molecule has 0 bridgehead atoms. The molecule has 0 aliphatic heterocycles. The third-order valence-electron chi connectivity index (χ3n) is 2.54. The van der Waals surface area contributed by atoms with E-state index in [2.05, 4.69) is 15.9 Å². The summed E-state index contributed by atoms with van der Waals surface area (Å²) in [5.41, 5.74) is 8.74. The molecule has 0 amide bonds. The van der Waals surface area contributed by atoms with E-state index in [1.807, 2.05) is 50.2 Å². The molecule has 88 valence electrons. The molecule has 0 radical (unpaired) electrons. The number of nitrogens with two attached hydrogens (primary N) is 1. The summed E-state index contributed by atoms with van der Waals surface area (Å²) in [7, 11) is 0. The van der Waals surface area contributed by atoms with Crippen LogP contribution in [0.3, 0.4) is 0 Å². The number of nitrogen functional groups attached to an aromatic ring is 1. The fraction of sp³-hybridized carbons (Fsp3) is 0.143. The average Bonchev–Trinajstić information content (AvgIpc) is 2.28. The van der Waals surface area contributed by atoms with Crippen LogP contribution in [-0.2, 0) is 0 Å². The Labute approximate surface area is 110 Å². The van der Waals surface area contributed by atoms with Gasteiger partial charge in [0, 0.05) is 4.47 Å². The summed E-state index contributed by atoms with van der Waals surface area (Å²) in [5, 5.41) is 0. The van der Waals surface area contributed by atoms with Crippen molar-refractivity contribution < 1.29 is 4.74 Å². The SMILES string of the molecule is Cc1ccc(N)c(Oc2cc(Br)ccc2C)c1. The van der Waals surface area contributed by atoms with Crippen LogP contribution in [-0.4, -0.2) is 0 Å². The Hall–Kier alpha value is -1.48. The van der Waals surface area contributed by atoms with Crippen molar-refractivity contribution in [2.24, 2.45) is 0 Å². The normalized spacial score (nSPS) is 10.3. The van der Waals surface area contributed by atoms with Crippen molar-refractivity contribution in [3.05, 3.63) is 52.0 Å². The maximum absolute atomic E-state index is 5.89. The van der Waals surface area contributed by atoms with Gasteiger partial charge in [-0.1, -0.05) is 28.1 Å². The largest absolute Gasteiger partial charge is 0.455 e. The highest BCUT2D eigenvalue weighted by molar-refractivity contribution is 9.10. The second kappa shape index (κ2) is 4.80. The van der Waals surface area contributed by atoms with E-state index in [4.69, 9.17) is 10.5 Å². The van der Waals surface area contributed by atoms with E-state index in [0.717, 1.165) is 21.3 Å². The highest BCUT2D eigenvalue weighted by atomic mass is 79.9. The summed E-state index contributed by atoms with van der Waals surface area (Å²) in [5.74, 6) is 1.52. The molecular weight excluding hydrogens is 278 g/mol. The molecule has 0 aliphatic rings. The molecule has 0 aromatic heterocycles. The van der Waals surface area contributed by atoms with Crippen molar-refractivity contribution in [2.75, 3.05) is 5.73 Å². The van der Waals surface area contributed by atoms with Crippen molar-refractivity contribution in [2.45, 2.75) is 13.8 Å². The molecule has 0 fully saturated rings. The standard InChI is InChI=1S/C14H14BrNO/c1-9-3-6-12(16)14(7-9)17-13-8-11(15)5-4-10(13)2/h3-8H,16H2,1-2H3. The number of hydrogen-bond donors (Lipinski definition) is 1. The minimum absolute atomic E-state index is 0.648. The number of halogens is 1. The lowest BCUT2D eigenvalue weighted by molar-refractivity contribution is 0.480. The zero-order valence-corrected chi connectivity index (χ0v) is 11.4. The Balaban J connectivity index is 2.37. The number of rotatable bonds is 2. The molecule has 3 heteroatoms. The van der Waals surface area contributed by atoms with Gasteiger partial charge in [0.1, 0.15) is 5.75 Å². The molecule has 0 heterocycles. The van der Waals surface area contributed by atoms with Gasteiger partial charge in [-0.05, 0) is 49.2 Å². The minimum atomic E-state index is 0.648. The van der Waals surface area contributed by atoms with Crippen LogP contribution in [0.15, 0.2) is 40.9 Å². The lowest BCUT2D eigenvalue weighted by Gasteiger charge is -2.11. The molecule has 17 heavy (non-hydrogen) atoms. The third kappa shape index (κ3) is 2.80. The molecule has 0 atom stereocenters. The maximum atomic E-state index is 5.89. The molecule has 0 saturated carbocycles. The van der Waals surface area contributed by atoms with Crippen LogP contribution < -0.4 is 10.5 Å². The predicted octanol–water partition coefficient (Wildman–Crippen LogP) is 4.44. The van der Waals surface area contributed by atoms with Gasteiger partial charge in [-0.2, -0.15) is 0 Å². The Morgan fingerprint density at radius 2 is 1.76 bits per heavy atom. The first-order chi connectivity index (χ1) is 8.06. The van der Waals surface area contributed by atoms with E-state index in [-0.39, 0.29) is 0 Å². The van der Waals surface area contributed by atoms with E-state index in [9.17, 15) is 0 Å². The second-order valence-electron chi connectivity index (χ2n) is 4.05. The first-order valence-corrected chi connectivity index (χ1v) is 6.15. The van der Waals surface area contributed by atoms with E-state index >= 15 is 0 Å². The fourth-order valence-electron chi connectivity index (χ4n) is 1.53. The van der Waals surface area contributed by atoms with Crippen LogP contribution in [0.1, 0.15) is 11.1 Å². The highest BCUT2D eigenvalue weighted by Gasteiger charge is 2.05. The van der Waals surface area contributed by atoms with E-state index < -0.39 is 0 Å². The van der Waals surface area contributed by atoms with Gasteiger partial charge in [-0.15, -0.1) is 0 Å². The average molecular weight is 292 g/mol. The van der Waals surface area contributed by atoms with Crippen LogP contribution in [0.4, 0.5) is 5.69 Å². The van der Waals surface area contributed by atoms with Gasteiger partial charge in [-0.3, -0.25) is 0 Å². The molecule has 2 aromatic carbocycles. The Bertz CT molecular complexity index is 502. The first-order valence-electron chi connectivity index (χ1n) is 5.36. The van der Waals surface area contributed by atoms with E-state index in [0.29, 0.717) is 11.4 Å². The van der Waals surface area contributed by atoms with Crippen LogP contribution >= 0.6 is 15.9 Å². The molecule has 2 rings (SSSR count). The first kappa shape index (κ1) is 12.0. The molecule has 2 N–H and O–H groups in total. The van der Waals surface area contributed by atoms with Crippen molar-refractivity contribution in [3.8, 4) is 11.5 Å². The lowest BCUT2D eigenvalue weighted by Crippen LogP contribution is -1.94. The minimum Gasteiger partial charge on any atom is -0.455 e. The van der Waals surface area contributed by atoms with Crippen molar-refractivity contribution in [3.63, 3.8) is 0 Å². The van der Waals surface area contributed by atoms with Crippen LogP contribution in [0.5, 0.6) is 11.5 Å². The van der Waals surface area contributed by atoms with Gasteiger partial charge in [0.2, 0.25) is 0 Å². The van der Waals surface area contributed by atoms with Crippen molar-refractivity contribution >= 4 is 21.6 Å². The van der Waals surface area contributed by atoms with Gasteiger partial charge >= 0.3 is 0 Å². The highest BCUT2D eigenvalue weighted by Crippen LogP contribution is 2.31. The Morgan fingerprint density at radius 1 is 1.00 bits per heavy atom. The number of hydrogen-bond acceptors (Lipinski definition) is 2. The second-order valence-corrected chi connectivity index (χ2v) is 4.97. The van der Waals surface area contributed by atoms with Gasteiger partial charge < -0.3 is 10.5 Å². The smallest absolute Gasteiger partial charge is 0.150 e. The van der Waals surface area contributed by atoms with Crippen LogP contribution in [0.25, 0.3) is 0 Å². The molecular formula is C14H14BrNO. The molecule has 0 saturated heterocycles. The van der Waals surface area contributed by atoms with Crippen molar-refractivity contribution in [1.82, 2.24) is 0 Å². The number of aryl methyl sites for hydroxylation is 2. The Kier molecular flexibility index (Phi) is 3.38. The quantitative estimate of drug-likeness (QED) is 0.830. The molecule has 2 aromatic rings. The third-order valence-corrected chi connectivity index (χ3v) is 3.03. The predicted molar refractivity (Wildman–Crippen MR) is 74.5 cm³/mol. The zero-order chi connectivity index (χ0) is 12.4. The van der Waals surface area contributed by atoms with Crippen LogP contribution in [0.2, 0.25) is 0 Å². The van der Waals surface area contributed by atoms with Gasteiger partial charge in [-0.25, -0.2) is 0 Å². The van der Waals surface area contributed by atoms with Gasteiger partial charge in [0.05, 0.1) is 5.69 Å². The lowest BCUT2D eigenvalue weighted by atomic mass is 10.2. The van der Waals surface area contributed by atoms with Gasteiger partial charge in [0.25, 0.3) is 0 Å². The topological polar surface area (TPSA) is 35.2 Å². The molecule has 0 aliphatic carbocycles. The maximum Gasteiger partial charge on any atom is 0.150 e. The summed E-state index contributed by atoms with van der Waals surface area (Å²) in [6.45, 7) is 4.02. The zero-order valence-electron chi connectivity index (χ0n) is 9.83. The van der Waals surface area contributed by atoms with Crippen molar-refractivity contribution in [1.29, 1.82) is 0 Å². The van der Waals surface area contributed by atoms with E-state index in [1.54, 1.807) is 0 Å². The summed E-state index contributed by atoms with van der Waals surface area (Å²) in [6, 6.07) is 11.7. The summed E-state index contributed by atoms with van der Waals surface area (Å²) >= 11 is 3.43. The summed E-state index contributed by atoms with van der Waals surface area (Å²) in [4.78, 5) is 0. The number of anilines is 1. The Morgan fingerprint density at radius 3 is 2.53 bits per heavy atom. The fourth-order valence-corrected chi connectivity index (χ4v) is 1.87. The summed E-state index contributed by atoms with van der Waals surface area (Å²) < 4.78 is 6.84. The monoisotopic (exact) mass is 291 g/mol. The van der Waals surface area contributed by atoms with Gasteiger partial charge in [0.15, 0.2) is 5.75 Å². The summed E-state index contributed by atoms with van der Waals surface area (Å²) in [6.07, 6.45) is 0. The van der Waals surface area contributed by atoms with Crippen LogP contribution in [0, 0.1) is 13.8 Å². The molecule has 2 nitrogen and oxygen atoms in total. The van der Waals surface area contributed by atoms with E-state index in [1.165, 1.54) is 0 Å². The number of benzene rings is 2.